The SMILES string of the molecule is Cc1ccc(C(=O)N(C)C)cc1NC(=O)NCCCCN(C)C(C)C. The molecule has 3 amide bonds. The highest BCUT2D eigenvalue weighted by Crippen LogP contribution is 2.17. The first kappa shape index (κ1) is 21.0. The van der Waals surface area contributed by atoms with Gasteiger partial charge in [0.1, 0.15) is 0 Å². The lowest BCUT2D eigenvalue weighted by molar-refractivity contribution is 0.0827. The quantitative estimate of drug-likeness (QED) is 0.710. The molecular weight excluding hydrogens is 316 g/mol. The summed E-state index contributed by atoms with van der Waals surface area (Å²) in [4.78, 5) is 27.9. The molecule has 0 spiro atoms. The molecule has 0 aliphatic heterocycles. The van der Waals surface area contributed by atoms with Gasteiger partial charge in [0.05, 0.1) is 0 Å². The summed E-state index contributed by atoms with van der Waals surface area (Å²) in [7, 11) is 5.52. The fraction of sp³-hybridized carbons (Fsp3) is 0.579. The van der Waals surface area contributed by atoms with Crippen LogP contribution >= 0.6 is 0 Å². The van der Waals surface area contributed by atoms with Crippen LogP contribution in [-0.4, -0.2) is 62.0 Å². The summed E-state index contributed by atoms with van der Waals surface area (Å²) in [5.41, 5.74) is 2.14. The number of hydrogen-bond acceptors (Lipinski definition) is 3. The van der Waals surface area contributed by atoms with E-state index in [4.69, 9.17) is 0 Å². The summed E-state index contributed by atoms with van der Waals surface area (Å²) in [6, 6.07) is 5.63. The molecule has 140 valence electrons. The fourth-order valence-electron chi connectivity index (χ4n) is 2.26. The minimum absolute atomic E-state index is 0.0854. The number of unbranched alkanes of at least 4 members (excludes halogenated alkanes) is 1. The second-order valence-electron chi connectivity index (χ2n) is 6.89. The summed E-state index contributed by atoms with van der Waals surface area (Å²) in [5, 5.41) is 5.70. The summed E-state index contributed by atoms with van der Waals surface area (Å²) >= 11 is 0. The van der Waals surface area contributed by atoms with Gasteiger partial charge in [-0.15, -0.1) is 0 Å². The molecule has 6 heteroatoms. The lowest BCUT2D eigenvalue weighted by Crippen LogP contribution is -2.31. The van der Waals surface area contributed by atoms with E-state index in [0.29, 0.717) is 23.8 Å². The Morgan fingerprint density at radius 2 is 1.80 bits per heavy atom. The summed E-state index contributed by atoms with van der Waals surface area (Å²) in [6.45, 7) is 7.90. The normalized spacial score (nSPS) is 10.9. The maximum absolute atomic E-state index is 12.1. The molecule has 0 unspecified atom stereocenters. The molecule has 0 bridgehead atoms. The van der Waals surface area contributed by atoms with Crippen molar-refractivity contribution in [2.75, 3.05) is 39.5 Å². The van der Waals surface area contributed by atoms with Crippen LogP contribution in [0.25, 0.3) is 0 Å². The van der Waals surface area contributed by atoms with Crippen LogP contribution in [0.15, 0.2) is 18.2 Å². The van der Waals surface area contributed by atoms with Crippen molar-refractivity contribution in [3.05, 3.63) is 29.3 Å². The van der Waals surface area contributed by atoms with Gasteiger partial charge in [0.15, 0.2) is 0 Å². The van der Waals surface area contributed by atoms with Gasteiger partial charge in [-0.1, -0.05) is 6.07 Å². The van der Waals surface area contributed by atoms with Gasteiger partial charge in [-0.3, -0.25) is 4.79 Å². The molecule has 6 nitrogen and oxygen atoms in total. The summed E-state index contributed by atoms with van der Waals surface area (Å²) in [5.74, 6) is -0.0854. The van der Waals surface area contributed by atoms with E-state index < -0.39 is 0 Å². The Labute approximate surface area is 151 Å². The van der Waals surface area contributed by atoms with Crippen molar-refractivity contribution in [3.8, 4) is 0 Å². The predicted molar refractivity (Wildman–Crippen MR) is 103 cm³/mol. The zero-order valence-electron chi connectivity index (χ0n) is 16.3. The number of benzene rings is 1. The third-order valence-corrected chi connectivity index (χ3v) is 4.24. The van der Waals surface area contributed by atoms with E-state index >= 15 is 0 Å². The van der Waals surface area contributed by atoms with Crippen molar-refractivity contribution in [3.63, 3.8) is 0 Å². The van der Waals surface area contributed by atoms with Crippen molar-refractivity contribution in [1.82, 2.24) is 15.1 Å². The molecule has 0 saturated carbocycles. The number of amides is 3. The topological polar surface area (TPSA) is 64.7 Å². The van der Waals surface area contributed by atoms with Crippen LogP contribution < -0.4 is 10.6 Å². The van der Waals surface area contributed by atoms with Crippen LogP contribution in [0.3, 0.4) is 0 Å². The molecule has 0 aromatic heterocycles. The average Bonchev–Trinajstić information content (AvgIpc) is 2.55. The third kappa shape index (κ3) is 7.13. The molecule has 0 aliphatic carbocycles. The van der Waals surface area contributed by atoms with Crippen molar-refractivity contribution >= 4 is 17.6 Å². The first-order valence-electron chi connectivity index (χ1n) is 8.79. The van der Waals surface area contributed by atoms with Crippen LogP contribution in [0.1, 0.15) is 42.6 Å². The number of aryl methyl sites for hydroxylation is 1. The minimum atomic E-state index is -0.241. The van der Waals surface area contributed by atoms with E-state index in [1.165, 1.54) is 4.90 Å². The van der Waals surface area contributed by atoms with Crippen molar-refractivity contribution in [1.29, 1.82) is 0 Å². The minimum Gasteiger partial charge on any atom is -0.345 e. The zero-order chi connectivity index (χ0) is 19.0. The van der Waals surface area contributed by atoms with E-state index in [2.05, 4.69) is 36.4 Å². The number of carbonyl (C=O) groups excluding carboxylic acids is 2. The standard InChI is InChI=1S/C19H32N4O2/c1-14(2)23(6)12-8-7-11-20-19(25)21-17-13-16(10-9-15(17)3)18(24)22(4)5/h9-10,13-14H,7-8,11-12H2,1-6H3,(H2,20,21,25). The Kier molecular flexibility index (Phi) is 8.41. The van der Waals surface area contributed by atoms with E-state index in [1.807, 2.05) is 13.0 Å². The second-order valence-corrected chi connectivity index (χ2v) is 6.89. The number of nitrogens with zero attached hydrogens (tertiary/aromatic N) is 2. The fourth-order valence-corrected chi connectivity index (χ4v) is 2.26. The molecule has 0 heterocycles. The molecule has 2 N–H and O–H groups in total. The van der Waals surface area contributed by atoms with Crippen molar-refractivity contribution in [2.45, 2.75) is 39.7 Å². The van der Waals surface area contributed by atoms with E-state index in [9.17, 15) is 9.59 Å². The van der Waals surface area contributed by atoms with Crippen molar-refractivity contribution in [2.24, 2.45) is 0 Å². The average molecular weight is 348 g/mol. The predicted octanol–water partition coefficient (Wildman–Crippen LogP) is 2.94. The van der Waals surface area contributed by atoms with Crippen LogP contribution in [0, 0.1) is 6.92 Å². The van der Waals surface area contributed by atoms with Gasteiger partial charge in [-0.25, -0.2) is 4.79 Å². The first-order valence-corrected chi connectivity index (χ1v) is 8.79. The number of carbonyl (C=O) groups is 2. The molecule has 25 heavy (non-hydrogen) atoms. The van der Waals surface area contributed by atoms with Gasteiger partial charge >= 0.3 is 6.03 Å². The second kappa shape index (κ2) is 10.0. The summed E-state index contributed by atoms with van der Waals surface area (Å²) in [6.07, 6.45) is 1.98. The molecule has 1 aromatic carbocycles. The van der Waals surface area contributed by atoms with Crippen LogP contribution in [0.5, 0.6) is 0 Å². The van der Waals surface area contributed by atoms with Crippen LogP contribution in [0.2, 0.25) is 0 Å². The maximum Gasteiger partial charge on any atom is 0.319 e. The third-order valence-electron chi connectivity index (χ3n) is 4.24. The summed E-state index contributed by atoms with van der Waals surface area (Å²) < 4.78 is 0. The lowest BCUT2D eigenvalue weighted by atomic mass is 10.1. The Hall–Kier alpha value is -2.08. The zero-order valence-corrected chi connectivity index (χ0v) is 16.3. The van der Waals surface area contributed by atoms with E-state index in [1.54, 1.807) is 26.2 Å². The van der Waals surface area contributed by atoms with Crippen molar-refractivity contribution < 1.29 is 9.59 Å². The molecule has 0 aliphatic rings. The lowest BCUT2D eigenvalue weighted by Gasteiger charge is -2.20. The molecule has 0 radical (unpaired) electrons. The first-order chi connectivity index (χ1) is 11.7. The number of rotatable bonds is 8. The molecular formula is C19H32N4O2. The Balaban J connectivity index is 2.46. The van der Waals surface area contributed by atoms with Gasteiger partial charge in [0, 0.05) is 37.9 Å². The molecule has 1 aromatic rings. The number of nitrogens with one attached hydrogen (secondary N) is 2. The monoisotopic (exact) mass is 348 g/mol. The van der Waals surface area contributed by atoms with Gasteiger partial charge in [-0.05, 0) is 64.9 Å². The molecule has 1 rings (SSSR count). The van der Waals surface area contributed by atoms with Gasteiger partial charge < -0.3 is 20.4 Å². The Morgan fingerprint density at radius 3 is 2.40 bits per heavy atom. The largest absolute Gasteiger partial charge is 0.345 e. The Bertz CT molecular complexity index is 585. The molecule has 0 saturated heterocycles. The number of anilines is 1. The van der Waals surface area contributed by atoms with Gasteiger partial charge in [-0.2, -0.15) is 0 Å². The highest BCUT2D eigenvalue weighted by molar-refractivity contribution is 5.97. The maximum atomic E-state index is 12.1. The van der Waals surface area contributed by atoms with Gasteiger partial charge in [0.2, 0.25) is 0 Å². The molecule has 0 atom stereocenters. The smallest absolute Gasteiger partial charge is 0.319 e. The van der Waals surface area contributed by atoms with Crippen LogP contribution in [0.4, 0.5) is 10.5 Å². The Morgan fingerprint density at radius 1 is 1.12 bits per heavy atom. The van der Waals surface area contributed by atoms with Crippen LogP contribution in [-0.2, 0) is 0 Å². The highest BCUT2D eigenvalue weighted by atomic mass is 16.2. The highest BCUT2D eigenvalue weighted by Gasteiger charge is 2.11. The van der Waals surface area contributed by atoms with Gasteiger partial charge in [0.25, 0.3) is 5.91 Å². The number of hydrogen-bond donors (Lipinski definition) is 2. The number of urea groups is 1. The van der Waals surface area contributed by atoms with E-state index in [0.717, 1.165) is 24.9 Å². The molecule has 0 fully saturated rings. The van der Waals surface area contributed by atoms with E-state index in [-0.39, 0.29) is 11.9 Å².